The highest BCUT2D eigenvalue weighted by Gasteiger charge is 2.33. The smallest absolute Gasteiger partial charge is 0.346 e. The van der Waals surface area contributed by atoms with Gasteiger partial charge in [0.15, 0.2) is 0 Å². The van der Waals surface area contributed by atoms with E-state index < -0.39 is 11.9 Å². The van der Waals surface area contributed by atoms with Gasteiger partial charge in [-0.05, 0) is 107 Å². The number of rotatable bonds is 12. The third-order valence-corrected chi connectivity index (χ3v) is 12.2. The highest BCUT2D eigenvalue weighted by atomic mass is 16.6. The molecule has 0 amide bonds. The number of fused-ring (bicyclic) bond motifs is 4. The summed E-state index contributed by atoms with van der Waals surface area (Å²) in [6.07, 6.45) is 13.5. The third kappa shape index (κ3) is 8.09. The second-order valence-electron chi connectivity index (χ2n) is 20.6. The van der Waals surface area contributed by atoms with Gasteiger partial charge >= 0.3 is 11.9 Å². The summed E-state index contributed by atoms with van der Waals surface area (Å²) in [6.45, 7) is 26.6. The maximum atomic E-state index is 13.3. The van der Waals surface area contributed by atoms with Crippen molar-refractivity contribution >= 4 is 55.9 Å². The first kappa shape index (κ1) is 40.6. The largest absolute Gasteiger partial charge is 0.386 e. The third-order valence-electron chi connectivity index (χ3n) is 12.2. The fraction of sp³-hybridized carbons (Fsp3) is 0.462. The van der Waals surface area contributed by atoms with Gasteiger partial charge in [-0.2, -0.15) is 0 Å². The molecule has 5 heteroatoms. The average Bonchev–Trinajstić information content (AvgIpc) is 3.43. The Kier molecular flexibility index (Phi) is 10.6. The number of carbonyl (C=O) groups excluding carboxylic acids is 2. The summed E-state index contributed by atoms with van der Waals surface area (Å²) < 4.78 is 7.66. The SMILES string of the molecule is CCCCCCn1c2cc(N(C3=CC=C(C(C)(C)CC(C)(C)C)CC3)c3ccc(C(C)(C)CC(C)(C)C)cc3)ccc2c2c3cccc4c3c(cc21)C(=O)OC4=O. The monoisotopic (exact) mass is 764 g/mol. The molecular weight excluding hydrogens is 701 g/mol. The number of aryl methyl sites for hydroxylation is 1. The average molecular weight is 765 g/mol. The number of hydrogen-bond acceptors (Lipinski definition) is 4. The van der Waals surface area contributed by atoms with E-state index in [4.69, 9.17) is 4.74 Å². The van der Waals surface area contributed by atoms with Crippen LogP contribution in [0.15, 0.2) is 90.2 Å². The lowest BCUT2D eigenvalue weighted by atomic mass is 9.70. The van der Waals surface area contributed by atoms with Crippen LogP contribution >= 0.6 is 0 Å². The van der Waals surface area contributed by atoms with Gasteiger partial charge in [0.05, 0.1) is 22.2 Å². The molecule has 5 aromatic rings. The molecule has 0 unspecified atom stereocenters. The van der Waals surface area contributed by atoms with Crippen molar-refractivity contribution in [1.82, 2.24) is 4.57 Å². The zero-order valence-corrected chi connectivity index (χ0v) is 36.5. The molecule has 4 aromatic carbocycles. The predicted octanol–water partition coefficient (Wildman–Crippen LogP) is 14.8. The van der Waals surface area contributed by atoms with Gasteiger partial charge in [0.25, 0.3) is 0 Å². The van der Waals surface area contributed by atoms with Crippen LogP contribution in [0.2, 0.25) is 0 Å². The van der Waals surface area contributed by atoms with Crippen LogP contribution in [0.1, 0.15) is 154 Å². The maximum Gasteiger partial charge on any atom is 0.346 e. The minimum atomic E-state index is -0.578. The molecule has 7 rings (SSSR count). The fourth-order valence-electron chi connectivity index (χ4n) is 10.4. The number of aromatic nitrogens is 1. The number of ether oxygens (including phenoxy) is 1. The van der Waals surface area contributed by atoms with Gasteiger partial charge < -0.3 is 14.2 Å². The number of nitrogens with zero attached hydrogens (tertiary/aromatic N) is 2. The Morgan fingerprint density at radius 1 is 0.632 bits per heavy atom. The van der Waals surface area contributed by atoms with Crippen LogP contribution in [-0.4, -0.2) is 16.5 Å². The molecule has 1 aromatic heterocycles. The number of hydrogen-bond donors (Lipinski definition) is 0. The molecule has 0 fully saturated rings. The Balaban J connectivity index is 1.42. The maximum absolute atomic E-state index is 13.3. The highest BCUT2D eigenvalue weighted by Crippen LogP contribution is 2.46. The first-order valence-electron chi connectivity index (χ1n) is 21.4. The number of cyclic esters (lactones) is 2. The Bertz CT molecular complexity index is 2420. The number of unbranched alkanes of at least 4 members (excludes halogenated alkanes) is 3. The number of esters is 2. The van der Waals surface area contributed by atoms with Crippen molar-refractivity contribution < 1.29 is 14.3 Å². The van der Waals surface area contributed by atoms with Crippen LogP contribution in [0, 0.1) is 16.2 Å². The molecule has 2 heterocycles. The predicted molar refractivity (Wildman–Crippen MR) is 240 cm³/mol. The van der Waals surface area contributed by atoms with Gasteiger partial charge in [-0.3, -0.25) is 0 Å². The zero-order valence-electron chi connectivity index (χ0n) is 36.5. The van der Waals surface area contributed by atoms with Crippen LogP contribution < -0.4 is 4.90 Å². The van der Waals surface area contributed by atoms with Crippen molar-refractivity contribution in [3.05, 3.63) is 107 Å². The van der Waals surface area contributed by atoms with E-state index in [0.29, 0.717) is 16.5 Å². The Morgan fingerprint density at radius 3 is 1.95 bits per heavy atom. The van der Waals surface area contributed by atoms with E-state index in [1.54, 1.807) is 6.07 Å². The van der Waals surface area contributed by atoms with Crippen LogP contribution in [0.25, 0.3) is 32.6 Å². The van der Waals surface area contributed by atoms with Crippen molar-refractivity contribution in [2.45, 2.75) is 139 Å². The zero-order chi connectivity index (χ0) is 41.1. The van der Waals surface area contributed by atoms with Crippen LogP contribution in [0.5, 0.6) is 0 Å². The Hall–Kier alpha value is -4.64. The van der Waals surface area contributed by atoms with Crippen molar-refractivity contribution in [3.63, 3.8) is 0 Å². The summed E-state index contributed by atoms with van der Waals surface area (Å²) in [5.41, 5.74) is 10.1. The van der Waals surface area contributed by atoms with Gasteiger partial charge in [-0.25, -0.2) is 9.59 Å². The van der Waals surface area contributed by atoms with Crippen LogP contribution in [0.3, 0.4) is 0 Å². The molecule has 0 radical (unpaired) electrons. The van der Waals surface area contributed by atoms with Crippen molar-refractivity contribution in [1.29, 1.82) is 0 Å². The molecule has 57 heavy (non-hydrogen) atoms. The molecule has 0 atom stereocenters. The number of allylic oxidation sites excluding steroid dienone is 4. The molecule has 5 nitrogen and oxygen atoms in total. The first-order valence-corrected chi connectivity index (χ1v) is 21.4. The molecule has 300 valence electrons. The van der Waals surface area contributed by atoms with Gasteiger partial charge in [0.2, 0.25) is 0 Å². The molecule has 0 bridgehead atoms. The fourth-order valence-corrected chi connectivity index (χ4v) is 10.4. The number of anilines is 2. The minimum Gasteiger partial charge on any atom is -0.386 e. The van der Waals surface area contributed by atoms with Gasteiger partial charge in [0.1, 0.15) is 0 Å². The lowest BCUT2D eigenvalue weighted by molar-refractivity contribution is 0.0391. The standard InChI is InChI=1S/C52H64N2O3/c1-12-13-14-15-29-53-43-30-38(27-28-39(43)46-40-17-16-18-41-45(40)42(31-44(46)53)48(56)57-47(41)55)54(36-23-19-34(20-24-36)51(8,9)32-49(2,3)4)37-25-21-35(22-26-37)52(10,11)33-50(5,6)7/h16-21,23-25,27-28,30-31H,12-15,22,26,29,32-33H2,1-11H3. The van der Waals surface area contributed by atoms with Gasteiger partial charge in [0, 0.05) is 39.8 Å². The van der Waals surface area contributed by atoms with Crippen LogP contribution in [-0.2, 0) is 16.7 Å². The number of carbonyl (C=O) groups is 2. The second-order valence-corrected chi connectivity index (χ2v) is 20.6. The molecule has 0 saturated heterocycles. The summed E-state index contributed by atoms with van der Waals surface area (Å²) in [5.74, 6) is -1.15. The molecule has 1 aliphatic carbocycles. The summed E-state index contributed by atoms with van der Waals surface area (Å²) in [5, 5.41) is 3.83. The van der Waals surface area contributed by atoms with Crippen molar-refractivity contribution in [3.8, 4) is 0 Å². The van der Waals surface area contributed by atoms with E-state index in [-0.39, 0.29) is 21.7 Å². The molecule has 0 saturated carbocycles. The van der Waals surface area contributed by atoms with E-state index >= 15 is 0 Å². The van der Waals surface area contributed by atoms with E-state index in [0.717, 1.165) is 90.1 Å². The molecule has 2 aliphatic rings. The summed E-state index contributed by atoms with van der Waals surface area (Å²) in [6, 6.07) is 23.9. The Morgan fingerprint density at radius 2 is 1.30 bits per heavy atom. The molecule has 1 aliphatic heterocycles. The van der Waals surface area contributed by atoms with Crippen molar-refractivity contribution in [2.75, 3.05) is 4.90 Å². The summed E-state index contributed by atoms with van der Waals surface area (Å²) >= 11 is 0. The molecular formula is C52H64N2O3. The first-order chi connectivity index (χ1) is 26.8. The lowest BCUT2D eigenvalue weighted by Crippen LogP contribution is -2.26. The summed E-state index contributed by atoms with van der Waals surface area (Å²) in [4.78, 5) is 28.6. The van der Waals surface area contributed by atoms with Crippen molar-refractivity contribution in [2.24, 2.45) is 16.2 Å². The minimum absolute atomic E-state index is 0.0413. The van der Waals surface area contributed by atoms with Gasteiger partial charge in [-0.1, -0.05) is 137 Å². The van der Waals surface area contributed by atoms with Gasteiger partial charge in [-0.15, -0.1) is 0 Å². The van der Waals surface area contributed by atoms with E-state index in [1.165, 1.54) is 23.3 Å². The summed E-state index contributed by atoms with van der Waals surface area (Å²) in [7, 11) is 0. The van der Waals surface area contributed by atoms with E-state index in [2.05, 4.69) is 146 Å². The van der Waals surface area contributed by atoms with E-state index in [9.17, 15) is 9.59 Å². The van der Waals surface area contributed by atoms with E-state index in [1.807, 2.05) is 12.1 Å². The molecule has 0 N–H and O–H groups in total. The number of benzene rings is 4. The Labute approximate surface area is 341 Å². The lowest BCUT2D eigenvalue weighted by Gasteiger charge is -2.37. The molecule has 0 spiro atoms. The highest BCUT2D eigenvalue weighted by molar-refractivity contribution is 6.30. The van der Waals surface area contributed by atoms with Crippen LogP contribution in [0.4, 0.5) is 11.4 Å². The normalized spacial score (nSPS) is 15.4. The topological polar surface area (TPSA) is 51.5 Å². The quantitative estimate of drug-likeness (QED) is 0.0721. The second kappa shape index (κ2) is 14.9.